The smallest absolute Gasteiger partial charge is 0.387 e. The molecular weight excluding hydrogens is 352 g/mol. The highest BCUT2D eigenvalue weighted by Gasteiger charge is 2.21. The molecule has 2 aromatic rings. The van der Waals surface area contributed by atoms with Crippen molar-refractivity contribution in [3.05, 3.63) is 35.5 Å². The molecule has 3 N–H and O–H groups in total. The zero-order chi connectivity index (χ0) is 17.8. The zero-order valence-electron chi connectivity index (χ0n) is 13.3. The number of rotatable bonds is 5. The third kappa shape index (κ3) is 4.82. The highest BCUT2D eigenvalue weighted by atomic mass is 35.5. The number of nitrogens with two attached hydrogens (primary N) is 1. The Morgan fingerprint density at radius 3 is 2.72 bits per heavy atom. The van der Waals surface area contributed by atoms with Crippen LogP contribution in [0.25, 0.3) is 0 Å². The van der Waals surface area contributed by atoms with Crippen LogP contribution in [0.4, 0.5) is 26.2 Å². The van der Waals surface area contributed by atoms with E-state index < -0.39 is 6.61 Å². The Balaban J connectivity index is 1.64. The number of nitrogens with one attached hydrogen (secondary N) is 1. The molecule has 0 bridgehead atoms. The summed E-state index contributed by atoms with van der Waals surface area (Å²) < 4.78 is 28.8. The van der Waals surface area contributed by atoms with E-state index in [0.29, 0.717) is 5.82 Å². The van der Waals surface area contributed by atoms with Crippen LogP contribution in [0.3, 0.4) is 0 Å². The second-order valence-corrected chi connectivity index (χ2v) is 6.12. The fourth-order valence-corrected chi connectivity index (χ4v) is 3.08. The van der Waals surface area contributed by atoms with Gasteiger partial charge in [0.05, 0.1) is 0 Å². The molecule has 2 heterocycles. The minimum atomic E-state index is -2.82. The fraction of sp³-hybridized carbons (Fsp3) is 0.375. The number of ether oxygens (including phenoxy) is 1. The summed E-state index contributed by atoms with van der Waals surface area (Å²) in [6.07, 6.45) is 1.96. The molecule has 25 heavy (non-hydrogen) atoms. The SMILES string of the molecule is Nc1nc(Cl)cc(NC2CCCN(c3ccc(OC(F)F)cc3)C2)n1. The van der Waals surface area contributed by atoms with Crippen molar-refractivity contribution in [3.63, 3.8) is 0 Å². The van der Waals surface area contributed by atoms with E-state index >= 15 is 0 Å². The van der Waals surface area contributed by atoms with Gasteiger partial charge in [0.1, 0.15) is 16.7 Å². The van der Waals surface area contributed by atoms with Crippen molar-refractivity contribution < 1.29 is 13.5 Å². The molecule has 1 unspecified atom stereocenters. The average molecular weight is 370 g/mol. The van der Waals surface area contributed by atoms with Crippen LogP contribution < -0.4 is 20.7 Å². The Bertz CT molecular complexity index is 696. The molecule has 1 saturated heterocycles. The molecule has 1 atom stereocenters. The Morgan fingerprint density at radius 2 is 2.04 bits per heavy atom. The monoisotopic (exact) mass is 369 g/mol. The molecule has 9 heteroatoms. The number of nitrogens with zero attached hydrogens (tertiary/aromatic N) is 3. The average Bonchev–Trinajstić information content (AvgIpc) is 2.54. The van der Waals surface area contributed by atoms with Crippen molar-refractivity contribution in [3.8, 4) is 5.75 Å². The molecule has 1 aliphatic heterocycles. The summed E-state index contributed by atoms with van der Waals surface area (Å²) in [5.74, 6) is 0.860. The molecule has 0 radical (unpaired) electrons. The van der Waals surface area contributed by atoms with Gasteiger partial charge >= 0.3 is 6.61 Å². The van der Waals surface area contributed by atoms with Crippen molar-refractivity contribution in [2.75, 3.05) is 29.0 Å². The van der Waals surface area contributed by atoms with Gasteiger partial charge in [0.25, 0.3) is 0 Å². The summed E-state index contributed by atoms with van der Waals surface area (Å²) in [5, 5.41) is 3.61. The lowest BCUT2D eigenvalue weighted by Crippen LogP contribution is -2.42. The number of anilines is 3. The van der Waals surface area contributed by atoms with Gasteiger partial charge in [-0.2, -0.15) is 13.8 Å². The van der Waals surface area contributed by atoms with Crippen molar-refractivity contribution >= 4 is 29.1 Å². The van der Waals surface area contributed by atoms with Crippen molar-refractivity contribution in [2.45, 2.75) is 25.5 Å². The van der Waals surface area contributed by atoms with Crippen LogP contribution in [-0.2, 0) is 0 Å². The number of nitrogen functional groups attached to an aromatic ring is 1. The Morgan fingerprint density at radius 1 is 1.28 bits per heavy atom. The molecular formula is C16H18ClF2N5O. The van der Waals surface area contributed by atoms with Gasteiger partial charge in [-0.3, -0.25) is 0 Å². The third-order valence-electron chi connectivity index (χ3n) is 3.91. The molecule has 0 spiro atoms. The predicted octanol–water partition coefficient (Wildman–Crippen LogP) is 3.39. The lowest BCUT2D eigenvalue weighted by molar-refractivity contribution is -0.0498. The molecule has 0 amide bonds. The number of halogens is 3. The summed E-state index contributed by atoms with van der Waals surface area (Å²) >= 11 is 5.90. The van der Waals surface area contributed by atoms with Gasteiger partial charge in [-0.25, -0.2) is 4.98 Å². The fourth-order valence-electron chi connectivity index (χ4n) is 2.89. The van der Waals surface area contributed by atoms with Gasteiger partial charge in [-0.1, -0.05) is 11.6 Å². The molecule has 1 aromatic carbocycles. The predicted molar refractivity (Wildman–Crippen MR) is 93.4 cm³/mol. The first-order chi connectivity index (χ1) is 12.0. The number of aromatic nitrogens is 2. The molecule has 1 aliphatic rings. The van der Waals surface area contributed by atoms with E-state index in [9.17, 15) is 8.78 Å². The van der Waals surface area contributed by atoms with Gasteiger partial charge in [0, 0.05) is 30.9 Å². The standard InChI is InChI=1S/C16H18ClF2N5O/c17-13-8-14(23-16(20)22-13)21-10-2-1-7-24(9-10)11-3-5-12(6-4-11)25-15(18)19/h3-6,8,10,15H,1-2,7,9H2,(H3,20,21,22,23). The van der Waals surface area contributed by atoms with Crippen LogP contribution in [0.1, 0.15) is 12.8 Å². The van der Waals surface area contributed by atoms with Gasteiger partial charge in [-0.15, -0.1) is 0 Å². The molecule has 134 valence electrons. The maximum atomic E-state index is 12.2. The van der Waals surface area contributed by atoms with Gasteiger partial charge in [0.2, 0.25) is 5.95 Å². The second kappa shape index (κ2) is 7.69. The minimum absolute atomic E-state index is 0.122. The number of piperidine rings is 1. The Kier molecular flexibility index (Phi) is 5.37. The van der Waals surface area contributed by atoms with Crippen LogP contribution in [0.15, 0.2) is 30.3 Å². The highest BCUT2D eigenvalue weighted by Crippen LogP contribution is 2.25. The van der Waals surface area contributed by atoms with Gasteiger partial charge in [0.15, 0.2) is 0 Å². The lowest BCUT2D eigenvalue weighted by Gasteiger charge is -2.35. The van der Waals surface area contributed by atoms with Gasteiger partial charge in [-0.05, 0) is 37.1 Å². The van der Waals surface area contributed by atoms with E-state index in [4.69, 9.17) is 17.3 Å². The van der Waals surface area contributed by atoms with E-state index in [-0.39, 0.29) is 22.9 Å². The first kappa shape index (κ1) is 17.5. The van der Waals surface area contributed by atoms with Crippen LogP contribution in [0.2, 0.25) is 5.15 Å². The topological polar surface area (TPSA) is 76.3 Å². The maximum Gasteiger partial charge on any atom is 0.387 e. The Hall–Kier alpha value is -2.35. The van der Waals surface area contributed by atoms with Crippen LogP contribution in [0, 0.1) is 0 Å². The van der Waals surface area contributed by atoms with Crippen molar-refractivity contribution in [1.29, 1.82) is 0 Å². The summed E-state index contributed by atoms with van der Waals surface area (Å²) in [4.78, 5) is 10.1. The molecule has 1 fully saturated rings. The second-order valence-electron chi connectivity index (χ2n) is 5.74. The highest BCUT2D eigenvalue weighted by molar-refractivity contribution is 6.29. The van der Waals surface area contributed by atoms with E-state index in [1.165, 1.54) is 0 Å². The molecule has 0 saturated carbocycles. The first-order valence-electron chi connectivity index (χ1n) is 7.86. The van der Waals surface area contributed by atoms with E-state index in [1.54, 1.807) is 30.3 Å². The molecule has 0 aliphatic carbocycles. The third-order valence-corrected chi connectivity index (χ3v) is 4.11. The Labute approximate surface area is 149 Å². The van der Waals surface area contributed by atoms with Crippen molar-refractivity contribution in [1.82, 2.24) is 9.97 Å². The maximum absolute atomic E-state index is 12.2. The lowest BCUT2D eigenvalue weighted by atomic mass is 10.0. The van der Waals surface area contributed by atoms with Gasteiger partial charge < -0.3 is 20.7 Å². The van der Waals surface area contributed by atoms with E-state index in [2.05, 4.69) is 24.9 Å². The molecule has 1 aromatic heterocycles. The number of benzene rings is 1. The summed E-state index contributed by atoms with van der Waals surface area (Å²) in [5.41, 5.74) is 6.56. The van der Waals surface area contributed by atoms with Crippen LogP contribution in [0.5, 0.6) is 5.75 Å². The van der Waals surface area contributed by atoms with Crippen LogP contribution >= 0.6 is 11.6 Å². The summed E-state index contributed by atoms with van der Waals surface area (Å²) in [6, 6.07) is 8.44. The first-order valence-corrected chi connectivity index (χ1v) is 8.24. The minimum Gasteiger partial charge on any atom is -0.435 e. The number of hydrogen-bond acceptors (Lipinski definition) is 6. The molecule has 6 nitrogen and oxygen atoms in total. The summed E-state index contributed by atoms with van der Waals surface area (Å²) in [6.45, 7) is -1.18. The molecule has 3 rings (SSSR count). The quantitative estimate of drug-likeness (QED) is 0.787. The largest absolute Gasteiger partial charge is 0.435 e. The summed E-state index contributed by atoms with van der Waals surface area (Å²) in [7, 11) is 0. The van der Waals surface area contributed by atoms with E-state index in [1.807, 2.05) is 0 Å². The number of alkyl halides is 2. The van der Waals surface area contributed by atoms with Crippen molar-refractivity contribution in [2.24, 2.45) is 0 Å². The zero-order valence-corrected chi connectivity index (χ0v) is 14.1. The normalized spacial score (nSPS) is 17.6. The van der Waals surface area contributed by atoms with Crippen LogP contribution in [-0.4, -0.2) is 35.7 Å². The number of hydrogen-bond donors (Lipinski definition) is 2. The van der Waals surface area contributed by atoms with E-state index in [0.717, 1.165) is 31.6 Å².